The fraction of sp³-hybridized carbons (Fsp3) is 0.400. The van der Waals surface area contributed by atoms with Gasteiger partial charge < -0.3 is 5.09 Å². The first-order valence-corrected chi connectivity index (χ1v) is 10.3. The highest BCUT2D eigenvalue weighted by Crippen LogP contribution is 2.46. The SMILES string of the molecule is Cc1cc(C)c2c(-c3ccccc3)nc(NP(C(C)C)C(C)C)n2n1. The summed E-state index contributed by atoms with van der Waals surface area (Å²) in [6.45, 7) is 13.3. The molecule has 3 aromatic rings. The second-order valence-corrected chi connectivity index (χ2v) is 10.2. The summed E-state index contributed by atoms with van der Waals surface area (Å²) < 4.78 is 1.99. The van der Waals surface area contributed by atoms with Crippen molar-refractivity contribution in [2.45, 2.75) is 52.9 Å². The Morgan fingerprint density at radius 2 is 1.64 bits per heavy atom. The molecular formula is C20H27N4P. The Labute approximate surface area is 151 Å². The number of anilines is 1. The van der Waals surface area contributed by atoms with Crippen LogP contribution in [0.15, 0.2) is 36.4 Å². The molecule has 4 nitrogen and oxygen atoms in total. The van der Waals surface area contributed by atoms with E-state index in [1.807, 2.05) is 17.5 Å². The zero-order valence-electron chi connectivity index (χ0n) is 15.9. The van der Waals surface area contributed by atoms with Gasteiger partial charge in [-0.25, -0.2) is 4.98 Å². The lowest BCUT2D eigenvalue weighted by Crippen LogP contribution is -2.13. The van der Waals surface area contributed by atoms with Gasteiger partial charge in [0.1, 0.15) is 5.69 Å². The van der Waals surface area contributed by atoms with Crippen LogP contribution >= 0.6 is 8.07 Å². The first-order valence-electron chi connectivity index (χ1n) is 8.86. The number of rotatable bonds is 5. The van der Waals surface area contributed by atoms with E-state index in [2.05, 4.69) is 70.0 Å². The maximum atomic E-state index is 4.97. The van der Waals surface area contributed by atoms with Crippen molar-refractivity contribution in [3.8, 4) is 11.3 Å². The van der Waals surface area contributed by atoms with Crippen molar-refractivity contribution in [3.63, 3.8) is 0 Å². The van der Waals surface area contributed by atoms with Crippen molar-refractivity contribution in [1.82, 2.24) is 14.6 Å². The van der Waals surface area contributed by atoms with Crippen molar-refractivity contribution >= 4 is 19.5 Å². The Hall–Kier alpha value is -1.93. The Kier molecular flexibility index (Phi) is 5.10. The van der Waals surface area contributed by atoms with Gasteiger partial charge in [0, 0.05) is 5.56 Å². The van der Waals surface area contributed by atoms with E-state index in [0.717, 1.165) is 28.4 Å². The fourth-order valence-electron chi connectivity index (χ4n) is 3.27. The predicted molar refractivity (Wildman–Crippen MR) is 109 cm³/mol. The molecule has 2 heterocycles. The van der Waals surface area contributed by atoms with Gasteiger partial charge in [-0.1, -0.05) is 58.0 Å². The van der Waals surface area contributed by atoms with Gasteiger partial charge in [-0.05, 0) is 44.9 Å². The van der Waals surface area contributed by atoms with Crippen LogP contribution in [0.1, 0.15) is 39.0 Å². The van der Waals surface area contributed by atoms with Crippen LogP contribution in [0.5, 0.6) is 0 Å². The van der Waals surface area contributed by atoms with Crippen LogP contribution < -0.4 is 5.09 Å². The molecule has 0 amide bonds. The largest absolute Gasteiger partial charge is 0.333 e. The predicted octanol–water partition coefficient (Wildman–Crippen LogP) is 5.64. The molecule has 5 heteroatoms. The number of hydrogen-bond acceptors (Lipinski definition) is 3. The molecule has 1 aromatic carbocycles. The lowest BCUT2D eigenvalue weighted by atomic mass is 10.1. The summed E-state index contributed by atoms with van der Waals surface area (Å²) in [7, 11) is -0.376. The zero-order chi connectivity index (χ0) is 18.1. The van der Waals surface area contributed by atoms with Crippen LogP contribution in [0.25, 0.3) is 16.8 Å². The molecular weight excluding hydrogens is 327 g/mol. The third kappa shape index (κ3) is 3.55. The number of benzene rings is 1. The third-order valence-electron chi connectivity index (χ3n) is 4.30. The molecule has 0 fully saturated rings. The maximum absolute atomic E-state index is 4.97. The van der Waals surface area contributed by atoms with E-state index in [0.29, 0.717) is 11.3 Å². The molecule has 0 bridgehead atoms. The second-order valence-electron chi connectivity index (χ2n) is 7.09. The molecule has 0 aliphatic carbocycles. The van der Waals surface area contributed by atoms with E-state index in [1.165, 1.54) is 5.56 Å². The molecule has 3 rings (SSSR count). The number of aromatic nitrogens is 3. The fourth-order valence-corrected chi connectivity index (χ4v) is 5.36. The molecule has 0 saturated heterocycles. The van der Waals surface area contributed by atoms with Gasteiger partial charge >= 0.3 is 0 Å². The number of hydrogen-bond donors (Lipinski definition) is 1. The minimum atomic E-state index is -0.376. The van der Waals surface area contributed by atoms with Gasteiger partial charge in [-0.15, -0.1) is 0 Å². The molecule has 132 valence electrons. The average Bonchev–Trinajstić information content (AvgIpc) is 2.91. The highest BCUT2D eigenvalue weighted by molar-refractivity contribution is 7.60. The smallest absolute Gasteiger partial charge is 0.228 e. The Morgan fingerprint density at radius 3 is 2.24 bits per heavy atom. The van der Waals surface area contributed by atoms with Crippen LogP contribution in [-0.2, 0) is 0 Å². The summed E-state index contributed by atoms with van der Waals surface area (Å²) in [6, 6.07) is 12.5. The first kappa shape index (κ1) is 17.9. The van der Waals surface area contributed by atoms with Crippen molar-refractivity contribution in [2.24, 2.45) is 0 Å². The molecule has 25 heavy (non-hydrogen) atoms. The normalized spacial score (nSPS) is 11.9. The van der Waals surface area contributed by atoms with Crippen molar-refractivity contribution in [1.29, 1.82) is 0 Å². The minimum Gasteiger partial charge on any atom is -0.333 e. The number of nitrogens with zero attached hydrogens (tertiary/aromatic N) is 3. The molecule has 0 saturated carbocycles. The van der Waals surface area contributed by atoms with E-state index in [4.69, 9.17) is 10.1 Å². The second kappa shape index (κ2) is 7.13. The van der Waals surface area contributed by atoms with Gasteiger partial charge in [0.2, 0.25) is 5.95 Å². The Bertz CT molecular complexity index is 860. The highest BCUT2D eigenvalue weighted by atomic mass is 31.1. The molecule has 0 atom stereocenters. The molecule has 0 spiro atoms. The van der Waals surface area contributed by atoms with E-state index < -0.39 is 0 Å². The summed E-state index contributed by atoms with van der Waals surface area (Å²) in [5.74, 6) is 0.856. The number of aryl methyl sites for hydroxylation is 2. The summed E-state index contributed by atoms with van der Waals surface area (Å²) >= 11 is 0. The quantitative estimate of drug-likeness (QED) is 0.603. The van der Waals surface area contributed by atoms with Gasteiger partial charge in [-0.2, -0.15) is 9.61 Å². The van der Waals surface area contributed by atoms with E-state index >= 15 is 0 Å². The van der Waals surface area contributed by atoms with Crippen LogP contribution in [0.4, 0.5) is 5.95 Å². The zero-order valence-corrected chi connectivity index (χ0v) is 16.8. The monoisotopic (exact) mass is 354 g/mol. The lowest BCUT2D eigenvalue weighted by Gasteiger charge is -2.26. The molecule has 0 aliphatic heterocycles. The number of imidazole rings is 1. The van der Waals surface area contributed by atoms with Crippen molar-refractivity contribution < 1.29 is 0 Å². The minimum absolute atomic E-state index is 0.376. The van der Waals surface area contributed by atoms with Crippen LogP contribution in [0, 0.1) is 13.8 Å². The van der Waals surface area contributed by atoms with Gasteiger partial charge in [0.05, 0.1) is 11.2 Å². The van der Waals surface area contributed by atoms with Crippen molar-refractivity contribution in [2.75, 3.05) is 5.09 Å². The van der Waals surface area contributed by atoms with E-state index in [9.17, 15) is 0 Å². The molecule has 0 aliphatic rings. The van der Waals surface area contributed by atoms with Gasteiger partial charge in [0.25, 0.3) is 0 Å². The lowest BCUT2D eigenvalue weighted by molar-refractivity contribution is 0.896. The van der Waals surface area contributed by atoms with E-state index in [1.54, 1.807) is 0 Å². The Balaban J connectivity index is 2.19. The summed E-state index contributed by atoms with van der Waals surface area (Å²) in [5.41, 5.74) is 6.56. The molecule has 0 unspecified atom stereocenters. The molecule has 0 radical (unpaired) electrons. The topological polar surface area (TPSA) is 42.2 Å². The van der Waals surface area contributed by atoms with Crippen molar-refractivity contribution in [3.05, 3.63) is 47.7 Å². The molecule has 2 aromatic heterocycles. The number of nitrogens with one attached hydrogen (secondary N) is 1. The third-order valence-corrected chi connectivity index (χ3v) is 6.98. The standard InChI is InChI=1S/C20H27N4P/c1-13(2)25(14(3)4)23-20-21-18(17-10-8-7-9-11-17)19-15(5)12-16(6)22-24(19)20/h7-14H,1-6H3,(H,21,23). The van der Waals surface area contributed by atoms with Crippen LogP contribution in [0.3, 0.4) is 0 Å². The van der Waals surface area contributed by atoms with Crippen LogP contribution in [-0.4, -0.2) is 25.9 Å². The van der Waals surface area contributed by atoms with Gasteiger partial charge in [0.15, 0.2) is 0 Å². The number of fused-ring (bicyclic) bond motifs is 1. The maximum Gasteiger partial charge on any atom is 0.228 e. The summed E-state index contributed by atoms with van der Waals surface area (Å²) in [6.07, 6.45) is 0. The average molecular weight is 354 g/mol. The van der Waals surface area contributed by atoms with Gasteiger partial charge in [-0.3, -0.25) is 0 Å². The summed E-state index contributed by atoms with van der Waals surface area (Å²) in [4.78, 5) is 4.97. The van der Waals surface area contributed by atoms with Crippen LogP contribution in [0.2, 0.25) is 0 Å². The highest BCUT2D eigenvalue weighted by Gasteiger charge is 2.22. The molecule has 1 N–H and O–H groups in total. The first-order chi connectivity index (χ1) is 11.9. The Morgan fingerprint density at radius 1 is 1.00 bits per heavy atom. The summed E-state index contributed by atoms with van der Waals surface area (Å²) in [5, 5.41) is 8.48. The van der Waals surface area contributed by atoms with E-state index in [-0.39, 0.29) is 8.07 Å².